The van der Waals surface area contributed by atoms with Crippen molar-refractivity contribution in [3.63, 3.8) is 0 Å². The molecule has 1 amide bonds. The van der Waals surface area contributed by atoms with Gasteiger partial charge in [-0.25, -0.2) is 4.98 Å². The van der Waals surface area contributed by atoms with E-state index in [2.05, 4.69) is 42.1 Å². The maximum Gasteiger partial charge on any atom is 0.238 e. The zero-order valence-corrected chi connectivity index (χ0v) is 19.0. The molecule has 2 heterocycles. The number of nitriles is 1. The van der Waals surface area contributed by atoms with Gasteiger partial charge in [-0.3, -0.25) is 9.69 Å². The van der Waals surface area contributed by atoms with Crippen LogP contribution in [0.2, 0.25) is 0 Å². The van der Waals surface area contributed by atoms with Crippen molar-refractivity contribution in [2.45, 2.75) is 0 Å². The third-order valence-corrected chi connectivity index (χ3v) is 5.65. The van der Waals surface area contributed by atoms with Crippen molar-refractivity contribution in [2.75, 3.05) is 42.9 Å². The number of hydrogen-bond donors (Lipinski definition) is 1. The zero-order chi connectivity index (χ0) is 22.3. The first-order valence-corrected chi connectivity index (χ1v) is 11.1. The minimum absolute atomic E-state index is 0.0513. The van der Waals surface area contributed by atoms with Gasteiger partial charge in [0.2, 0.25) is 5.91 Å². The molecule has 162 valence electrons. The highest BCUT2D eigenvalue weighted by molar-refractivity contribution is 9.10. The quantitative estimate of drug-likeness (QED) is 0.554. The molecular weight excluding hydrogens is 470 g/mol. The number of nitrogens with zero attached hydrogens (tertiary/aromatic N) is 4. The van der Waals surface area contributed by atoms with Gasteiger partial charge in [0.15, 0.2) is 0 Å². The van der Waals surface area contributed by atoms with Gasteiger partial charge in [0.1, 0.15) is 17.3 Å². The third kappa shape index (κ3) is 5.84. The highest BCUT2D eigenvalue weighted by Gasteiger charge is 2.20. The summed E-state index contributed by atoms with van der Waals surface area (Å²) in [6.45, 7) is 3.36. The van der Waals surface area contributed by atoms with E-state index in [4.69, 9.17) is 10.00 Å². The van der Waals surface area contributed by atoms with Gasteiger partial charge in [-0.2, -0.15) is 5.26 Å². The average molecular weight is 492 g/mol. The zero-order valence-electron chi connectivity index (χ0n) is 17.4. The van der Waals surface area contributed by atoms with Crippen LogP contribution in [0, 0.1) is 11.3 Å². The Morgan fingerprint density at radius 2 is 1.69 bits per heavy atom. The Bertz CT molecular complexity index is 1100. The maximum absolute atomic E-state index is 12.5. The number of carbonyl (C=O) groups is 1. The third-order valence-electron chi connectivity index (χ3n) is 5.13. The predicted octanol–water partition coefficient (Wildman–Crippen LogP) is 4.27. The van der Waals surface area contributed by atoms with Crippen LogP contribution in [0.25, 0.3) is 0 Å². The van der Waals surface area contributed by atoms with Crippen LogP contribution >= 0.6 is 15.9 Å². The fourth-order valence-corrected chi connectivity index (χ4v) is 3.71. The van der Waals surface area contributed by atoms with Gasteiger partial charge < -0.3 is 15.0 Å². The average Bonchev–Trinajstić information content (AvgIpc) is 2.82. The second kappa shape index (κ2) is 10.3. The maximum atomic E-state index is 12.5. The lowest BCUT2D eigenvalue weighted by Crippen LogP contribution is -2.48. The summed E-state index contributed by atoms with van der Waals surface area (Å²) in [6, 6.07) is 20.6. The van der Waals surface area contributed by atoms with Gasteiger partial charge in [-0.15, -0.1) is 0 Å². The fourth-order valence-electron chi connectivity index (χ4n) is 3.44. The Hall–Kier alpha value is -3.41. The van der Waals surface area contributed by atoms with Crippen molar-refractivity contribution in [3.8, 4) is 17.6 Å². The first-order valence-electron chi connectivity index (χ1n) is 10.3. The number of ether oxygens (including phenoxy) is 1. The van der Waals surface area contributed by atoms with E-state index in [1.54, 1.807) is 18.3 Å². The molecule has 0 unspecified atom stereocenters. The number of benzene rings is 2. The number of nitrogens with one attached hydrogen (secondary N) is 1. The number of rotatable bonds is 6. The number of amides is 1. The first-order chi connectivity index (χ1) is 15.6. The second-order valence-corrected chi connectivity index (χ2v) is 8.32. The molecule has 0 aliphatic carbocycles. The number of carbonyl (C=O) groups excluding carboxylic acids is 1. The van der Waals surface area contributed by atoms with Crippen LogP contribution < -0.4 is 15.0 Å². The van der Waals surface area contributed by atoms with Crippen LogP contribution in [0.4, 0.5) is 11.5 Å². The lowest BCUT2D eigenvalue weighted by atomic mass is 10.2. The number of halogens is 1. The molecule has 1 aromatic heterocycles. The van der Waals surface area contributed by atoms with Crippen LogP contribution in [0.5, 0.6) is 11.5 Å². The van der Waals surface area contributed by atoms with Crippen molar-refractivity contribution in [1.29, 1.82) is 5.26 Å². The normalized spacial score (nSPS) is 13.9. The molecule has 0 atom stereocenters. The van der Waals surface area contributed by atoms with Gasteiger partial charge in [-0.1, -0.05) is 15.9 Å². The van der Waals surface area contributed by atoms with Crippen LogP contribution in [0.3, 0.4) is 0 Å². The van der Waals surface area contributed by atoms with Crippen molar-refractivity contribution in [1.82, 2.24) is 9.88 Å². The number of aromatic nitrogens is 1. The summed E-state index contributed by atoms with van der Waals surface area (Å²) in [6.07, 6.45) is 1.66. The highest BCUT2D eigenvalue weighted by Crippen LogP contribution is 2.24. The van der Waals surface area contributed by atoms with Crippen LogP contribution in [-0.2, 0) is 4.79 Å². The van der Waals surface area contributed by atoms with E-state index < -0.39 is 0 Å². The van der Waals surface area contributed by atoms with Gasteiger partial charge in [0.05, 0.1) is 18.2 Å². The summed E-state index contributed by atoms with van der Waals surface area (Å²) in [5.74, 6) is 2.21. The summed E-state index contributed by atoms with van der Waals surface area (Å²) >= 11 is 3.40. The van der Waals surface area contributed by atoms with Gasteiger partial charge in [0, 0.05) is 42.5 Å². The number of pyridine rings is 1. The second-order valence-electron chi connectivity index (χ2n) is 7.41. The Kier molecular flexibility index (Phi) is 7.00. The van der Waals surface area contributed by atoms with Crippen molar-refractivity contribution in [2.24, 2.45) is 0 Å². The monoisotopic (exact) mass is 491 g/mol. The minimum Gasteiger partial charge on any atom is -0.457 e. The minimum atomic E-state index is -0.0513. The number of piperazine rings is 1. The van der Waals surface area contributed by atoms with Crippen LogP contribution in [-0.4, -0.2) is 48.5 Å². The molecule has 2 aromatic carbocycles. The Morgan fingerprint density at radius 1 is 1.03 bits per heavy atom. The van der Waals surface area contributed by atoms with E-state index in [1.807, 2.05) is 48.5 Å². The summed E-state index contributed by atoms with van der Waals surface area (Å²) in [5.41, 5.74) is 1.33. The molecule has 4 rings (SSSR count). The van der Waals surface area contributed by atoms with Gasteiger partial charge in [-0.05, 0) is 60.7 Å². The molecule has 0 bridgehead atoms. The van der Waals surface area contributed by atoms with Crippen molar-refractivity contribution in [3.05, 3.63) is 76.9 Å². The molecule has 1 saturated heterocycles. The van der Waals surface area contributed by atoms with E-state index in [-0.39, 0.29) is 5.91 Å². The lowest BCUT2D eigenvalue weighted by molar-refractivity contribution is -0.117. The smallest absolute Gasteiger partial charge is 0.238 e. The summed E-state index contributed by atoms with van der Waals surface area (Å²) in [4.78, 5) is 21.1. The molecule has 1 aliphatic rings. The molecule has 0 radical (unpaired) electrons. The Labute approximate surface area is 195 Å². The SMILES string of the molecule is N#Cc1ccnc(N2CCN(CC(=O)Nc3ccc(Oc4ccc(Br)cc4)cc3)CC2)c1. The summed E-state index contributed by atoms with van der Waals surface area (Å²) in [7, 11) is 0. The van der Waals surface area contributed by atoms with E-state index in [1.165, 1.54) is 0 Å². The topological polar surface area (TPSA) is 81.5 Å². The molecule has 32 heavy (non-hydrogen) atoms. The molecule has 7 nitrogen and oxygen atoms in total. The molecule has 0 saturated carbocycles. The molecular formula is C24H22BrN5O2. The molecule has 8 heteroatoms. The van der Waals surface area contributed by atoms with Crippen LogP contribution in [0.1, 0.15) is 5.56 Å². The van der Waals surface area contributed by atoms with Crippen molar-refractivity contribution < 1.29 is 9.53 Å². The highest BCUT2D eigenvalue weighted by atomic mass is 79.9. The molecule has 3 aromatic rings. The lowest BCUT2D eigenvalue weighted by Gasteiger charge is -2.35. The van der Waals surface area contributed by atoms with Crippen molar-refractivity contribution >= 4 is 33.3 Å². The number of anilines is 2. The van der Waals surface area contributed by atoms with Gasteiger partial charge >= 0.3 is 0 Å². The van der Waals surface area contributed by atoms with Gasteiger partial charge in [0.25, 0.3) is 0 Å². The number of hydrogen-bond acceptors (Lipinski definition) is 6. The van der Waals surface area contributed by atoms with E-state index in [0.717, 1.165) is 47.9 Å². The first kappa shape index (κ1) is 21.8. The van der Waals surface area contributed by atoms with Crippen LogP contribution in [0.15, 0.2) is 71.3 Å². The molecule has 1 aliphatic heterocycles. The predicted molar refractivity (Wildman–Crippen MR) is 127 cm³/mol. The standard InChI is InChI=1S/C24H22BrN5O2/c25-19-1-5-21(6-2-19)32-22-7-3-20(4-8-22)28-24(31)17-29-11-13-30(14-12-29)23-15-18(16-26)9-10-27-23/h1-10,15H,11-14,17H2,(H,28,31). The largest absolute Gasteiger partial charge is 0.457 e. The molecule has 1 fully saturated rings. The van der Waals surface area contributed by atoms with E-state index in [0.29, 0.717) is 17.9 Å². The Morgan fingerprint density at radius 3 is 2.34 bits per heavy atom. The summed E-state index contributed by atoms with van der Waals surface area (Å²) in [5, 5.41) is 12.0. The van der Waals surface area contributed by atoms with E-state index in [9.17, 15) is 4.79 Å². The molecule has 0 spiro atoms. The van der Waals surface area contributed by atoms with E-state index >= 15 is 0 Å². The summed E-state index contributed by atoms with van der Waals surface area (Å²) < 4.78 is 6.80. The molecule has 1 N–H and O–H groups in total. The Balaban J connectivity index is 1.24. The fraction of sp³-hybridized carbons (Fsp3) is 0.208.